The first-order chi connectivity index (χ1) is 6.15. The number of rotatable bonds is 1. The van der Waals surface area contributed by atoms with E-state index in [2.05, 4.69) is 22.2 Å². The maximum absolute atomic E-state index is 11.2. The number of nitrogens with zero attached hydrogens (tertiary/aromatic N) is 2. The highest BCUT2D eigenvalue weighted by molar-refractivity contribution is 7.78. The van der Waals surface area contributed by atoms with Crippen LogP contribution in [0.2, 0.25) is 5.15 Å². The van der Waals surface area contributed by atoms with Crippen LogP contribution in [-0.2, 0) is 0 Å². The van der Waals surface area contributed by atoms with Gasteiger partial charge in [0.15, 0.2) is 0 Å². The van der Waals surface area contributed by atoms with E-state index in [9.17, 15) is 4.79 Å². The third-order valence-corrected chi connectivity index (χ3v) is 1.75. The Morgan fingerprint density at radius 1 is 1.77 bits per heavy atom. The van der Waals surface area contributed by atoms with Crippen LogP contribution in [-0.4, -0.2) is 16.1 Å². The molecule has 1 aromatic heterocycles. The van der Waals surface area contributed by atoms with Gasteiger partial charge in [0.2, 0.25) is 0 Å². The summed E-state index contributed by atoms with van der Waals surface area (Å²) in [5.41, 5.74) is 1.09. The van der Waals surface area contributed by atoms with Gasteiger partial charge < -0.3 is 0 Å². The van der Waals surface area contributed by atoms with Crippen molar-refractivity contribution in [2.45, 2.75) is 6.92 Å². The SMILES string of the molecule is Cc1cnc(Cl)c(C(=O)N=C=S)c1. The zero-order valence-electron chi connectivity index (χ0n) is 6.74. The number of carbonyl (C=O) groups is 1. The molecule has 0 radical (unpaired) electrons. The molecule has 13 heavy (non-hydrogen) atoms. The van der Waals surface area contributed by atoms with Crippen LogP contribution in [0, 0.1) is 6.92 Å². The average Bonchev–Trinajstić information content (AvgIpc) is 2.09. The van der Waals surface area contributed by atoms with E-state index in [-0.39, 0.29) is 10.7 Å². The van der Waals surface area contributed by atoms with Crippen molar-refractivity contribution in [1.29, 1.82) is 0 Å². The second-order valence-corrected chi connectivity index (χ2v) is 2.90. The van der Waals surface area contributed by atoms with Crippen molar-refractivity contribution in [3.05, 3.63) is 28.5 Å². The summed E-state index contributed by atoms with van der Waals surface area (Å²) in [4.78, 5) is 18.3. The summed E-state index contributed by atoms with van der Waals surface area (Å²) in [6, 6.07) is 1.60. The highest BCUT2D eigenvalue weighted by Gasteiger charge is 2.09. The molecular weight excluding hydrogens is 208 g/mol. The van der Waals surface area contributed by atoms with E-state index in [1.54, 1.807) is 19.2 Å². The van der Waals surface area contributed by atoms with Crippen LogP contribution in [0.5, 0.6) is 0 Å². The molecule has 0 fully saturated rings. The third-order valence-electron chi connectivity index (χ3n) is 1.35. The summed E-state index contributed by atoms with van der Waals surface area (Å²) in [6.07, 6.45) is 1.57. The summed E-state index contributed by atoms with van der Waals surface area (Å²) in [7, 11) is 0. The molecule has 1 amide bonds. The molecule has 0 saturated carbocycles. The first-order valence-corrected chi connectivity index (χ1v) is 4.18. The molecule has 0 atom stereocenters. The van der Waals surface area contributed by atoms with Crippen LogP contribution in [0.25, 0.3) is 0 Å². The Balaban J connectivity index is 3.20. The number of aromatic nitrogens is 1. The van der Waals surface area contributed by atoms with E-state index in [0.29, 0.717) is 0 Å². The van der Waals surface area contributed by atoms with E-state index in [0.717, 1.165) is 5.56 Å². The summed E-state index contributed by atoms with van der Waals surface area (Å²) in [6.45, 7) is 1.81. The van der Waals surface area contributed by atoms with E-state index < -0.39 is 5.91 Å². The minimum Gasteiger partial charge on any atom is -0.266 e. The first kappa shape index (κ1) is 9.99. The number of pyridine rings is 1. The van der Waals surface area contributed by atoms with E-state index >= 15 is 0 Å². The van der Waals surface area contributed by atoms with Gasteiger partial charge >= 0.3 is 0 Å². The number of hydrogen-bond donors (Lipinski definition) is 0. The Hall–Kier alpha value is -1.09. The topological polar surface area (TPSA) is 42.3 Å². The van der Waals surface area contributed by atoms with Gasteiger partial charge in [-0.2, -0.15) is 4.99 Å². The van der Waals surface area contributed by atoms with Crippen LogP contribution in [0.1, 0.15) is 15.9 Å². The highest BCUT2D eigenvalue weighted by Crippen LogP contribution is 2.14. The smallest absolute Gasteiger partial charge is 0.266 e. The molecule has 0 aliphatic heterocycles. The number of halogens is 1. The lowest BCUT2D eigenvalue weighted by Gasteiger charge is -1.98. The standard InChI is InChI=1S/C8H5ClN2OS/c1-5-2-6(7(9)10-3-5)8(12)11-4-13/h2-3H,1H3. The van der Waals surface area contributed by atoms with Gasteiger partial charge in [-0.3, -0.25) is 4.79 Å². The Morgan fingerprint density at radius 3 is 3.08 bits per heavy atom. The molecule has 1 rings (SSSR count). The highest BCUT2D eigenvalue weighted by atomic mass is 35.5. The van der Waals surface area contributed by atoms with Gasteiger partial charge in [-0.1, -0.05) is 11.6 Å². The predicted octanol–water partition coefficient (Wildman–Crippen LogP) is 2.29. The van der Waals surface area contributed by atoms with Gasteiger partial charge in [-0.15, -0.1) is 0 Å². The maximum atomic E-state index is 11.2. The van der Waals surface area contributed by atoms with Gasteiger partial charge in [-0.25, -0.2) is 4.98 Å². The molecule has 1 heterocycles. The van der Waals surface area contributed by atoms with Gasteiger partial charge in [0, 0.05) is 6.20 Å². The molecule has 1 aromatic rings. The van der Waals surface area contributed by atoms with Crippen LogP contribution in [0.3, 0.4) is 0 Å². The second kappa shape index (κ2) is 4.23. The first-order valence-electron chi connectivity index (χ1n) is 3.39. The molecule has 0 aromatic carbocycles. The zero-order chi connectivity index (χ0) is 9.84. The van der Waals surface area contributed by atoms with Gasteiger partial charge in [0.1, 0.15) is 5.15 Å². The summed E-state index contributed by atoms with van der Waals surface area (Å²) in [5.74, 6) is -0.517. The van der Waals surface area contributed by atoms with Crippen molar-refractivity contribution in [1.82, 2.24) is 4.98 Å². The fraction of sp³-hybridized carbons (Fsp3) is 0.125. The van der Waals surface area contributed by atoms with Crippen molar-refractivity contribution in [3.8, 4) is 0 Å². The number of aliphatic imine (C=N–C) groups is 1. The second-order valence-electron chi connectivity index (χ2n) is 2.36. The molecule has 0 spiro atoms. The molecule has 3 nitrogen and oxygen atoms in total. The van der Waals surface area contributed by atoms with Gasteiger partial charge in [0.05, 0.1) is 10.7 Å². The number of hydrogen-bond acceptors (Lipinski definition) is 3. The molecule has 66 valence electrons. The fourth-order valence-corrected chi connectivity index (χ4v) is 1.07. The average molecular weight is 213 g/mol. The Morgan fingerprint density at radius 2 is 2.46 bits per heavy atom. The third kappa shape index (κ3) is 2.42. The van der Waals surface area contributed by atoms with E-state index in [1.807, 2.05) is 5.16 Å². The van der Waals surface area contributed by atoms with Crippen LogP contribution < -0.4 is 0 Å². The lowest BCUT2D eigenvalue weighted by Crippen LogP contribution is -1.97. The summed E-state index contributed by atoms with van der Waals surface area (Å²) < 4.78 is 0. The summed E-state index contributed by atoms with van der Waals surface area (Å²) >= 11 is 9.98. The minimum atomic E-state index is -0.517. The zero-order valence-corrected chi connectivity index (χ0v) is 8.32. The quantitative estimate of drug-likeness (QED) is 0.408. The normalized spacial score (nSPS) is 9.08. The van der Waals surface area contributed by atoms with E-state index in [4.69, 9.17) is 11.6 Å². The van der Waals surface area contributed by atoms with Crippen molar-refractivity contribution < 1.29 is 4.79 Å². The minimum absolute atomic E-state index is 0.129. The molecule has 0 saturated heterocycles. The summed E-state index contributed by atoms with van der Waals surface area (Å²) in [5, 5.41) is 2.11. The van der Waals surface area contributed by atoms with Crippen molar-refractivity contribution in [3.63, 3.8) is 0 Å². The van der Waals surface area contributed by atoms with Crippen LogP contribution in [0.15, 0.2) is 17.3 Å². The Labute approximate surface area is 85.5 Å². The van der Waals surface area contributed by atoms with Crippen molar-refractivity contribution in [2.24, 2.45) is 4.99 Å². The number of thiocarbonyl (C=S) groups is 1. The molecule has 5 heteroatoms. The molecule has 0 aliphatic rings. The number of carbonyl (C=O) groups excluding carboxylic acids is 1. The molecule has 0 N–H and O–H groups in total. The maximum Gasteiger partial charge on any atom is 0.288 e. The largest absolute Gasteiger partial charge is 0.288 e. The molecule has 0 unspecified atom stereocenters. The molecule has 0 aliphatic carbocycles. The van der Waals surface area contributed by atoms with Crippen LogP contribution in [0.4, 0.5) is 0 Å². The Bertz CT molecular complexity index is 399. The number of isothiocyanates is 1. The fourth-order valence-electron chi connectivity index (χ4n) is 0.804. The van der Waals surface area contributed by atoms with Gasteiger partial charge in [-0.05, 0) is 30.8 Å². The monoisotopic (exact) mass is 212 g/mol. The van der Waals surface area contributed by atoms with Crippen molar-refractivity contribution in [2.75, 3.05) is 0 Å². The van der Waals surface area contributed by atoms with E-state index in [1.165, 1.54) is 0 Å². The Kier molecular flexibility index (Phi) is 3.25. The predicted molar refractivity (Wildman–Crippen MR) is 53.3 cm³/mol. The van der Waals surface area contributed by atoms with Crippen molar-refractivity contribution >= 4 is 34.9 Å². The molecule has 0 bridgehead atoms. The number of amides is 1. The number of aryl methyl sites for hydroxylation is 1. The molecular formula is C8H5ClN2OS. The van der Waals surface area contributed by atoms with Gasteiger partial charge in [0.25, 0.3) is 5.91 Å². The van der Waals surface area contributed by atoms with Crippen LogP contribution >= 0.6 is 23.8 Å². The lowest BCUT2D eigenvalue weighted by atomic mass is 10.2. The lowest BCUT2D eigenvalue weighted by molar-refractivity contribution is 0.100.